The van der Waals surface area contributed by atoms with E-state index in [0.29, 0.717) is 18.9 Å². The van der Waals surface area contributed by atoms with E-state index in [-0.39, 0.29) is 11.5 Å². The summed E-state index contributed by atoms with van der Waals surface area (Å²) in [7, 11) is 0. The van der Waals surface area contributed by atoms with Crippen LogP contribution in [0.1, 0.15) is 38.7 Å². The van der Waals surface area contributed by atoms with Gasteiger partial charge in [0.05, 0.1) is 6.54 Å². The SMILES string of the molecule is CCN(CC)C(=O)CN1CCC[C@@H](CCc2c(F)cccc2F)C1. The minimum absolute atomic E-state index is 0.167. The van der Waals surface area contributed by atoms with Crippen LogP contribution >= 0.6 is 0 Å². The van der Waals surface area contributed by atoms with Gasteiger partial charge in [-0.3, -0.25) is 9.69 Å². The highest BCUT2D eigenvalue weighted by molar-refractivity contribution is 5.78. The zero-order chi connectivity index (χ0) is 17.5. The molecule has 134 valence electrons. The Bertz CT molecular complexity index is 526. The summed E-state index contributed by atoms with van der Waals surface area (Å²) in [5, 5.41) is 0. The minimum atomic E-state index is -0.459. The number of hydrogen-bond acceptors (Lipinski definition) is 2. The number of halogens is 2. The third-order valence-electron chi connectivity index (χ3n) is 4.94. The maximum absolute atomic E-state index is 13.7. The molecule has 5 heteroatoms. The lowest BCUT2D eigenvalue weighted by molar-refractivity contribution is -0.132. The number of likely N-dealkylation sites (tertiary alicyclic amines) is 1. The van der Waals surface area contributed by atoms with E-state index in [1.54, 1.807) is 0 Å². The zero-order valence-electron chi connectivity index (χ0n) is 14.7. The van der Waals surface area contributed by atoms with Crippen LogP contribution in [0, 0.1) is 17.6 Å². The number of rotatable bonds is 7. The Morgan fingerprint density at radius 1 is 1.25 bits per heavy atom. The summed E-state index contributed by atoms with van der Waals surface area (Å²) in [6.45, 7) is 7.66. The van der Waals surface area contributed by atoms with Crippen molar-refractivity contribution in [3.8, 4) is 0 Å². The Morgan fingerprint density at radius 3 is 2.54 bits per heavy atom. The molecule has 0 N–H and O–H groups in total. The van der Waals surface area contributed by atoms with Crippen LogP contribution in [-0.2, 0) is 11.2 Å². The summed E-state index contributed by atoms with van der Waals surface area (Å²) in [4.78, 5) is 16.3. The first-order chi connectivity index (χ1) is 11.5. The molecular formula is C19H28F2N2O. The van der Waals surface area contributed by atoms with E-state index in [9.17, 15) is 13.6 Å². The molecule has 2 rings (SSSR count). The van der Waals surface area contributed by atoms with Crippen molar-refractivity contribution < 1.29 is 13.6 Å². The summed E-state index contributed by atoms with van der Waals surface area (Å²) in [5.74, 6) is -0.359. The van der Waals surface area contributed by atoms with Gasteiger partial charge in [0.2, 0.25) is 5.91 Å². The Kier molecular flexibility index (Phi) is 7.16. The predicted octanol–water partition coefficient (Wildman–Crippen LogP) is 3.48. The number of hydrogen-bond donors (Lipinski definition) is 0. The van der Waals surface area contributed by atoms with Crippen molar-refractivity contribution in [3.63, 3.8) is 0 Å². The smallest absolute Gasteiger partial charge is 0.236 e. The van der Waals surface area contributed by atoms with Crippen molar-refractivity contribution in [3.05, 3.63) is 35.4 Å². The number of benzene rings is 1. The molecule has 1 aromatic carbocycles. The average molecular weight is 338 g/mol. The molecule has 1 saturated heterocycles. The molecule has 0 radical (unpaired) electrons. The molecule has 0 bridgehead atoms. The van der Waals surface area contributed by atoms with Crippen molar-refractivity contribution in [2.24, 2.45) is 5.92 Å². The lowest BCUT2D eigenvalue weighted by Gasteiger charge is -2.33. The van der Waals surface area contributed by atoms with Crippen molar-refractivity contribution in [1.29, 1.82) is 0 Å². The Hall–Kier alpha value is -1.49. The van der Waals surface area contributed by atoms with Gasteiger partial charge in [-0.05, 0) is 64.1 Å². The normalized spacial score (nSPS) is 18.6. The Labute approximate surface area is 143 Å². The molecule has 0 saturated carbocycles. The molecule has 0 spiro atoms. The number of carbonyl (C=O) groups is 1. The molecule has 0 aromatic heterocycles. The van der Waals surface area contributed by atoms with Gasteiger partial charge in [0.25, 0.3) is 0 Å². The Balaban J connectivity index is 1.86. The third-order valence-corrected chi connectivity index (χ3v) is 4.94. The topological polar surface area (TPSA) is 23.6 Å². The highest BCUT2D eigenvalue weighted by Crippen LogP contribution is 2.23. The number of nitrogens with zero attached hydrogens (tertiary/aromatic N) is 2. The summed E-state index contributed by atoms with van der Waals surface area (Å²) in [6.07, 6.45) is 3.27. The quantitative estimate of drug-likeness (QED) is 0.760. The predicted molar refractivity (Wildman–Crippen MR) is 91.8 cm³/mol. The molecule has 1 amide bonds. The second-order valence-corrected chi connectivity index (χ2v) is 6.55. The summed E-state index contributed by atoms with van der Waals surface area (Å²) in [5.41, 5.74) is 0.189. The molecule has 0 aliphatic carbocycles. The van der Waals surface area contributed by atoms with E-state index in [1.165, 1.54) is 18.2 Å². The highest BCUT2D eigenvalue weighted by Gasteiger charge is 2.23. The van der Waals surface area contributed by atoms with Gasteiger partial charge in [0, 0.05) is 25.2 Å². The van der Waals surface area contributed by atoms with Crippen LogP contribution in [-0.4, -0.2) is 48.4 Å². The maximum Gasteiger partial charge on any atom is 0.236 e. The second kappa shape index (κ2) is 9.11. The molecule has 1 fully saturated rings. The largest absolute Gasteiger partial charge is 0.342 e. The summed E-state index contributed by atoms with van der Waals surface area (Å²) in [6, 6.07) is 4.03. The summed E-state index contributed by atoms with van der Waals surface area (Å²) < 4.78 is 27.4. The second-order valence-electron chi connectivity index (χ2n) is 6.55. The van der Waals surface area contributed by atoms with Crippen LogP contribution in [0.2, 0.25) is 0 Å². The molecule has 3 nitrogen and oxygen atoms in total. The van der Waals surface area contributed by atoms with E-state index in [1.807, 2.05) is 18.7 Å². The third kappa shape index (κ3) is 5.00. The van der Waals surface area contributed by atoms with E-state index in [0.717, 1.165) is 45.4 Å². The van der Waals surface area contributed by atoms with Crippen molar-refractivity contribution >= 4 is 5.91 Å². The van der Waals surface area contributed by atoms with Gasteiger partial charge in [0.1, 0.15) is 11.6 Å². The van der Waals surface area contributed by atoms with Crippen LogP contribution in [0.3, 0.4) is 0 Å². The molecule has 24 heavy (non-hydrogen) atoms. The van der Waals surface area contributed by atoms with Crippen LogP contribution in [0.5, 0.6) is 0 Å². The number of carbonyl (C=O) groups excluding carboxylic acids is 1. The number of amides is 1. The van der Waals surface area contributed by atoms with Gasteiger partial charge in [-0.1, -0.05) is 6.07 Å². The molecule has 1 aromatic rings. The molecule has 1 heterocycles. The van der Waals surface area contributed by atoms with E-state index >= 15 is 0 Å². The first-order valence-corrected chi connectivity index (χ1v) is 8.98. The fourth-order valence-electron chi connectivity index (χ4n) is 3.52. The first-order valence-electron chi connectivity index (χ1n) is 8.98. The van der Waals surface area contributed by atoms with Gasteiger partial charge in [-0.2, -0.15) is 0 Å². The standard InChI is InChI=1S/C19H28F2N2O/c1-3-23(4-2)19(24)14-22-12-6-7-15(13-22)10-11-16-17(20)8-5-9-18(16)21/h5,8-9,15H,3-4,6-7,10-14H2,1-2H3/t15-/m0/s1. The van der Waals surface area contributed by atoms with Crippen molar-refractivity contribution in [2.75, 3.05) is 32.7 Å². The fraction of sp³-hybridized carbons (Fsp3) is 0.632. The first kappa shape index (κ1) is 18.8. The molecular weight excluding hydrogens is 310 g/mol. The van der Waals surface area contributed by atoms with Gasteiger partial charge in [0.15, 0.2) is 0 Å². The summed E-state index contributed by atoms with van der Waals surface area (Å²) >= 11 is 0. The monoisotopic (exact) mass is 338 g/mol. The lowest BCUT2D eigenvalue weighted by Crippen LogP contribution is -2.44. The highest BCUT2D eigenvalue weighted by atomic mass is 19.1. The number of piperidine rings is 1. The zero-order valence-corrected chi connectivity index (χ0v) is 14.7. The van der Waals surface area contributed by atoms with Gasteiger partial charge < -0.3 is 4.90 Å². The molecule has 1 aliphatic heterocycles. The van der Waals surface area contributed by atoms with Crippen LogP contribution < -0.4 is 0 Å². The van der Waals surface area contributed by atoms with Crippen molar-refractivity contribution in [2.45, 2.75) is 39.5 Å². The van der Waals surface area contributed by atoms with E-state index in [2.05, 4.69) is 4.90 Å². The van der Waals surface area contributed by atoms with Crippen molar-refractivity contribution in [1.82, 2.24) is 9.80 Å². The van der Waals surface area contributed by atoms with Gasteiger partial charge >= 0.3 is 0 Å². The Morgan fingerprint density at radius 2 is 1.92 bits per heavy atom. The fourth-order valence-corrected chi connectivity index (χ4v) is 3.52. The maximum atomic E-state index is 13.7. The number of likely N-dealkylation sites (N-methyl/N-ethyl adjacent to an activating group) is 1. The average Bonchev–Trinajstić information content (AvgIpc) is 2.56. The molecule has 1 aliphatic rings. The minimum Gasteiger partial charge on any atom is -0.342 e. The van der Waals surface area contributed by atoms with E-state index in [4.69, 9.17) is 0 Å². The van der Waals surface area contributed by atoms with Crippen LogP contribution in [0.15, 0.2) is 18.2 Å². The van der Waals surface area contributed by atoms with Gasteiger partial charge in [-0.15, -0.1) is 0 Å². The van der Waals surface area contributed by atoms with Crippen LogP contribution in [0.25, 0.3) is 0 Å². The van der Waals surface area contributed by atoms with Gasteiger partial charge in [-0.25, -0.2) is 8.78 Å². The van der Waals surface area contributed by atoms with Crippen LogP contribution in [0.4, 0.5) is 8.78 Å². The molecule has 1 atom stereocenters. The lowest BCUT2D eigenvalue weighted by atomic mass is 9.91. The molecule has 0 unspecified atom stereocenters. The van der Waals surface area contributed by atoms with E-state index < -0.39 is 11.6 Å².